The molecule has 0 aliphatic heterocycles. The third-order valence-electron chi connectivity index (χ3n) is 3.27. The quantitative estimate of drug-likeness (QED) is 0.630. The lowest BCUT2D eigenvalue weighted by Crippen LogP contribution is -2.22. The Balaban J connectivity index is 2.33. The second-order valence-corrected chi connectivity index (χ2v) is 5.02. The van der Waals surface area contributed by atoms with Gasteiger partial charge in [0.25, 0.3) is 0 Å². The largest absolute Gasteiger partial charge is 0.379 e. The summed E-state index contributed by atoms with van der Waals surface area (Å²) in [4.78, 5) is 0. The van der Waals surface area contributed by atoms with Crippen LogP contribution in [0.25, 0.3) is 0 Å². The molecule has 0 aliphatic rings. The Morgan fingerprint density at radius 1 is 0.950 bits per heavy atom. The zero-order valence-electron chi connectivity index (χ0n) is 13.2. The van der Waals surface area contributed by atoms with Gasteiger partial charge in [-0.1, -0.05) is 44.5 Å². The van der Waals surface area contributed by atoms with Gasteiger partial charge in [0, 0.05) is 6.61 Å². The maximum absolute atomic E-state index is 5.68. The van der Waals surface area contributed by atoms with Gasteiger partial charge in [-0.15, -0.1) is 0 Å². The van der Waals surface area contributed by atoms with Crippen LogP contribution in [-0.4, -0.2) is 33.5 Å². The molecule has 3 heteroatoms. The van der Waals surface area contributed by atoms with Crippen LogP contribution in [0.15, 0.2) is 24.3 Å². The maximum Gasteiger partial charge on any atom is 0.0701 e. The summed E-state index contributed by atoms with van der Waals surface area (Å²) in [5.74, 6) is 0. The van der Waals surface area contributed by atoms with E-state index in [0.29, 0.717) is 19.8 Å². The van der Waals surface area contributed by atoms with Gasteiger partial charge in [-0.05, 0) is 31.0 Å². The fourth-order valence-electron chi connectivity index (χ4n) is 2.12. The van der Waals surface area contributed by atoms with Gasteiger partial charge in [0.15, 0.2) is 0 Å². The summed E-state index contributed by atoms with van der Waals surface area (Å²) in [6.07, 6.45) is 3.40. The van der Waals surface area contributed by atoms with Crippen LogP contribution in [0.1, 0.15) is 43.9 Å². The van der Waals surface area contributed by atoms with Crippen LogP contribution in [0.4, 0.5) is 0 Å². The van der Waals surface area contributed by atoms with Crippen LogP contribution < -0.4 is 5.32 Å². The molecule has 0 aromatic heterocycles. The predicted octanol–water partition coefficient (Wildman–Crippen LogP) is 3.34. The number of likely N-dealkylation sites (N-methyl/N-ethyl adjacent to an activating group) is 1. The highest BCUT2D eigenvalue weighted by Crippen LogP contribution is 2.15. The highest BCUT2D eigenvalue weighted by Gasteiger charge is 2.09. The van der Waals surface area contributed by atoms with E-state index in [-0.39, 0.29) is 6.04 Å². The van der Waals surface area contributed by atoms with E-state index >= 15 is 0 Å². The van der Waals surface area contributed by atoms with E-state index in [0.717, 1.165) is 19.4 Å². The molecule has 0 heterocycles. The summed E-state index contributed by atoms with van der Waals surface area (Å²) in [6.45, 7) is 7.15. The lowest BCUT2D eigenvalue weighted by molar-refractivity contribution is 0.0399. The minimum Gasteiger partial charge on any atom is -0.379 e. The average Bonchev–Trinajstić information content (AvgIpc) is 2.48. The van der Waals surface area contributed by atoms with E-state index in [9.17, 15) is 0 Å². The van der Waals surface area contributed by atoms with E-state index in [2.05, 4.69) is 43.4 Å². The first-order chi connectivity index (χ1) is 9.81. The van der Waals surface area contributed by atoms with Gasteiger partial charge in [0.1, 0.15) is 0 Å². The normalized spacial score (nSPS) is 12.6. The zero-order chi connectivity index (χ0) is 14.6. The van der Waals surface area contributed by atoms with Crippen molar-refractivity contribution in [3.8, 4) is 0 Å². The summed E-state index contributed by atoms with van der Waals surface area (Å²) in [7, 11) is 1.97. The minimum absolute atomic E-state index is 0.247. The summed E-state index contributed by atoms with van der Waals surface area (Å²) in [6, 6.07) is 9.07. The fourth-order valence-corrected chi connectivity index (χ4v) is 2.12. The first-order valence-corrected chi connectivity index (χ1v) is 7.73. The molecule has 1 aromatic carbocycles. The van der Waals surface area contributed by atoms with Gasteiger partial charge in [-0.3, -0.25) is 0 Å². The van der Waals surface area contributed by atoms with Crippen molar-refractivity contribution in [2.24, 2.45) is 0 Å². The molecular weight excluding hydrogens is 250 g/mol. The van der Waals surface area contributed by atoms with E-state index in [1.807, 2.05) is 7.05 Å². The number of benzene rings is 1. The lowest BCUT2D eigenvalue weighted by atomic mass is 10.0. The first-order valence-electron chi connectivity index (χ1n) is 7.73. The van der Waals surface area contributed by atoms with Crippen LogP contribution in [0.2, 0.25) is 0 Å². The molecule has 1 aromatic rings. The predicted molar refractivity (Wildman–Crippen MR) is 84.2 cm³/mol. The highest BCUT2D eigenvalue weighted by molar-refractivity contribution is 5.25. The van der Waals surface area contributed by atoms with Crippen molar-refractivity contribution in [1.82, 2.24) is 5.32 Å². The Bertz CT molecular complexity index is 337. The molecule has 0 aliphatic carbocycles. The van der Waals surface area contributed by atoms with Crippen molar-refractivity contribution >= 4 is 0 Å². The Kier molecular flexibility index (Phi) is 9.29. The van der Waals surface area contributed by atoms with Crippen LogP contribution >= 0.6 is 0 Å². The lowest BCUT2D eigenvalue weighted by Gasteiger charge is -2.17. The number of aryl methyl sites for hydroxylation is 1. The molecule has 1 rings (SSSR count). The Morgan fingerprint density at radius 2 is 1.65 bits per heavy atom. The SMILES string of the molecule is CCCOCCOCC(NC)c1ccc(CCC)cc1. The van der Waals surface area contributed by atoms with Crippen molar-refractivity contribution in [3.05, 3.63) is 35.4 Å². The van der Waals surface area contributed by atoms with Gasteiger partial charge < -0.3 is 14.8 Å². The standard InChI is InChI=1S/C17H29NO2/c1-4-6-15-7-9-16(10-8-15)17(18-3)14-20-13-12-19-11-5-2/h7-10,17-18H,4-6,11-14H2,1-3H3. The molecule has 3 nitrogen and oxygen atoms in total. The highest BCUT2D eigenvalue weighted by atomic mass is 16.5. The monoisotopic (exact) mass is 279 g/mol. The average molecular weight is 279 g/mol. The Hall–Kier alpha value is -0.900. The van der Waals surface area contributed by atoms with Crippen LogP contribution in [0, 0.1) is 0 Å². The topological polar surface area (TPSA) is 30.5 Å². The molecule has 0 saturated heterocycles. The molecule has 1 atom stereocenters. The molecular formula is C17H29NO2. The number of rotatable bonds is 11. The van der Waals surface area contributed by atoms with E-state index in [1.165, 1.54) is 17.5 Å². The third kappa shape index (κ3) is 6.51. The first kappa shape index (κ1) is 17.2. The second kappa shape index (κ2) is 10.8. The molecule has 1 unspecified atom stereocenters. The maximum atomic E-state index is 5.68. The summed E-state index contributed by atoms with van der Waals surface area (Å²) >= 11 is 0. The Morgan fingerprint density at radius 3 is 2.25 bits per heavy atom. The molecule has 0 amide bonds. The molecule has 0 radical (unpaired) electrons. The molecule has 1 N–H and O–H groups in total. The van der Waals surface area contributed by atoms with Gasteiger partial charge in [-0.25, -0.2) is 0 Å². The Labute approximate surface area is 123 Å². The molecule has 0 fully saturated rings. The fraction of sp³-hybridized carbons (Fsp3) is 0.647. The van der Waals surface area contributed by atoms with Crippen molar-refractivity contribution in [2.75, 3.05) is 33.5 Å². The molecule has 0 spiro atoms. The van der Waals surface area contributed by atoms with Crippen LogP contribution in [-0.2, 0) is 15.9 Å². The smallest absolute Gasteiger partial charge is 0.0701 e. The van der Waals surface area contributed by atoms with E-state index < -0.39 is 0 Å². The summed E-state index contributed by atoms with van der Waals surface area (Å²) < 4.78 is 11.1. The van der Waals surface area contributed by atoms with Crippen molar-refractivity contribution in [2.45, 2.75) is 39.2 Å². The number of hydrogen-bond donors (Lipinski definition) is 1. The van der Waals surface area contributed by atoms with Gasteiger partial charge in [0.2, 0.25) is 0 Å². The minimum atomic E-state index is 0.247. The molecule has 20 heavy (non-hydrogen) atoms. The number of hydrogen-bond acceptors (Lipinski definition) is 3. The van der Waals surface area contributed by atoms with Crippen LogP contribution in [0.5, 0.6) is 0 Å². The summed E-state index contributed by atoms with van der Waals surface area (Å²) in [5.41, 5.74) is 2.68. The second-order valence-electron chi connectivity index (χ2n) is 5.02. The summed E-state index contributed by atoms with van der Waals surface area (Å²) in [5, 5.41) is 3.31. The van der Waals surface area contributed by atoms with Crippen molar-refractivity contribution in [3.63, 3.8) is 0 Å². The molecule has 0 saturated carbocycles. The van der Waals surface area contributed by atoms with Crippen LogP contribution in [0.3, 0.4) is 0 Å². The number of ether oxygens (including phenoxy) is 2. The molecule has 0 bridgehead atoms. The van der Waals surface area contributed by atoms with Gasteiger partial charge >= 0.3 is 0 Å². The van der Waals surface area contributed by atoms with E-state index in [1.54, 1.807) is 0 Å². The molecule has 114 valence electrons. The van der Waals surface area contributed by atoms with Crippen molar-refractivity contribution < 1.29 is 9.47 Å². The third-order valence-corrected chi connectivity index (χ3v) is 3.27. The van der Waals surface area contributed by atoms with Gasteiger partial charge in [0.05, 0.1) is 25.9 Å². The zero-order valence-corrected chi connectivity index (χ0v) is 13.2. The van der Waals surface area contributed by atoms with Crippen molar-refractivity contribution in [1.29, 1.82) is 0 Å². The van der Waals surface area contributed by atoms with E-state index in [4.69, 9.17) is 9.47 Å². The van der Waals surface area contributed by atoms with Gasteiger partial charge in [-0.2, -0.15) is 0 Å². The number of nitrogens with one attached hydrogen (secondary N) is 1.